The molecule has 0 spiro atoms. The van der Waals surface area contributed by atoms with Crippen molar-refractivity contribution in [3.63, 3.8) is 0 Å². The summed E-state index contributed by atoms with van der Waals surface area (Å²) in [5, 5.41) is 15.2. The van der Waals surface area contributed by atoms with Crippen molar-refractivity contribution >= 4 is 17.2 Å². The molecule has 2 rings (SSSR count). The Labute approximate surface area is 124 Å². The molecule has 20 heavy (non-hydrogen) atoms. The molecule has 5 nitrogen and oxygen atoms in total. The number of piperidine rings is 1. The van der Waals surface area contributed by atoms with Crippen molar-refractivity contribution in [1.29, 1.82) is 0 Å². The van der Waals surface area contributed by atoms with Gasteiger partial charge in [0.25, 0.3) is 0 Å². The quantitative estimate of drug-likeness (QED) is 0.389. The zero-order chi connectivity index (χ0) is 14.8. The molecule has 0 aromatic carbocycles. The zero-order valence-corrected chi connectivity index (χ0v) is 13.3. The number of oxime groups is 1. The molecule has 1 atom stereocenters. The molecule has 112 valence electrons. The summed E-state index contributed by atoms with van der Waals surface area (Å²) in [5.41, 5.74) is 6.98. The summed E-state index contributed by atoms with van der Waals surface area (Å²) >= 11 is 1.72. The maximum atomic E-state index is 8.79. The average molecular weight is 296 g/mol. The number of amidine groups is 1. The molecule has 1 aliphatic heterocycles. The normalized spacial score (nSPS) is 22.1. The lowest BCUT2D eigenvalue weighted by Crippen LogP contribution is -2.40. The van der Waals surface area contributed by atoms with Gasteiger partial charge in [-0.15, -0.1) is 11.3 Å². The molecule has 1 aromatic rings. The molecule has 6 heteroatoms. The highest BCUT2D eigenvalue weighted by molar-refractivity contribution is 7.09. The molecule has 1 saturated heterocycles. The van der Waals surface area contributed by atoms with Gasteiger partial charge in [-0.05, 0) is 19.4 Å². The molecule has 0 saturated carbocycles. The molecule has 1 fully saturated rings. The number of nitrogens with zero attached hydrogens (tertiary/aromatic N) is 3. The van der Waals surface area contributed by atoms with Crippen LogP contribution in [0.25, 0.3) is 0 Å². The Morgan fingerprint density at radius 1 is 1.60 bits per heavy atom. The van der Waals surface area contributed by atoms with Crippen LogP contribution in [0.15, 0.2) is 10.5 Å². The van der Waals surface area contributed by atoms with Crippen LogP contribution in [-0.4, -0.2) is 34.0 Å². The maximum Gasteiger partial charge on any atom is 0.143 e. The van der Waals surface area contributed by atoms with Crippen molar-refractivity contribution in [3.05, 3.63) is 16.1 Å². The van der Waals surface area contributed by atoms with Crippen molar-refractivity contribution in [1.82, 2.24) is 9.88 Å². The number of hydrogen-bond acceptors (Lipinski definition) is 5. The molecular formula is C14H24N4OS. The van der Waals surface area contributed by atoms with Crippen LogP contribution in [0.2, 0.25) is 0 Å². The second kappa shape index (κ2) is 6.10. The summed E-state index contributed by atoms with van der Waals surface area (Å²) in [4.78, 5) is 7.08. The van der Waals surface area contributed by atoms with E-state index >= 15 is 0 Å². The number of hydrogen-bond donors (Lipinski definition) is 2. The number of aromatic nitrogens is 1. The number of rotatable bonds is 3. The molecule has 3 N–H and O–H groups in total. The van der Waals surface area contributed by atoms with Gasteiger partial charge >= 0.3 is 0 Å². The fraction of sp³-hybridized carbons (Fsp3) is 0.714. The fourth-order valence-electron chi connectivity index (χ4n) is 2.44. The predicted octanol–water partition coefficient (Wildman–Crippen LogP) is 2.40. The third kappa shape index (κ3) is 3.70. The largest absolute Gasteiger partial charge is 0.409 e. The maximum absolute atomic E-state index is 8.79. The first-order valence-electron chi connectivity index (χ1n) is 7.05. The third-order valence-electron chi connectivity index (χ3n) is 3.72. The Kier molecular flexibility index (Phi) is 4.65. The van der Waals surface area contributed by atoms with E-state index in [1.165, 1.54) is 0 Å². The van der Waals surface area contributed by atoms with E-state index in [1.807, 2.05) is 0 Å². The van der Waals surface area contributed by atoms with Gasteiger partial charge in [0.05, 0.1) is 12.2 Å². The average Bonchev–Trinajstić information content (AvgIpc) is 2.86. The Morgan fingerprint density at radius 3 is 2.95 bits per heavy atom. The van der Waals surface area contributed by atoms with Crippen LogP contribution in [0.1, 0.15) is 44.3 Å². The molecule has 1 unspecified atom stereocenters. The second-order valence-corrected chi connectivity index (χ2v) is 7.42. The highest BCUT2D eigenvalue weighted by Crippen LogP contribution is 2.25. The van der Waals surface area contributed by atoms with Gasteiger partial charge in [-0.25, -0.2) is 4.98 Å². The summed E-state index contributed by atoms with van der Waals surface area (Å²) < 4.78 is 0. The van der Waals surface area contributed by atoms with Crippen LogP contribution >= 0.6 is 11.3 Å². The van der Waals surface area contributed by atoms with Crippen LogP contribution in [0.4, 0.5) is 0 Å². The van der Waals surface area contributed by atoms with E-state index in [4.69, 9.17) is 15.9 Å². The molecule has 1 aliphatic rings. The van der Waals surface area contributed by atoms with Crippen molar-refractivity contribution < 1.29 is 5.21 Å². The van der Waals surface area contributed by atoms with Crippen molar-refractivity contribution in [2.75, 3.05) is 13.1 Å². The lowest BCUT2D eigenvalue weighted by Gasteiger charge is -2.31. The molecule has 0 radical (unpaired) electrons. The highest BCUT2D eigenvalue weighted by Gasteiger charge is 2.24. The summed E-state index contributed by atoms with van der Waals surface area (Å²) in [6, 6.07) is 0. The summed E-state index contributed by atoms with van der Waals surface area (Å²) in [6.07, 6.45) is 2.08. The SMILES string of the molecule is CC(C)(C)c1csc(CN2CCCC(C(N)=NO)C2)n1. The molecule has 2 heterocycles. The van der Waals surface area contributed by atoms with Crippen molar-refractivity contribution in [2.24, 2.45) is 16.8 Å². The Morgan fingerprint density at radius 2 is 2.35 bits per heavy atom. The van der Waals surface area contributed by atoms with Crippen LogP contribution < -0.4 is 5.73 Å². The Hall–Kier alpha value is -1.14. The van der Waals surface area contributed by atoms with Crippen molar-refractivity contribution in [2.45, 2.75) is 45.6 Å². The number of thiazole rings is 1. The summed E-state index contributed by atoms with van der Waals surface area (Å²) in [7, 11) is 0. The topological polar surface area (TPSA) is 74.7 Å². The minimum atomic E-state index is 0.104. The van der Waals surface area contributed by atoms with E-state index < -0.39 is 0 Å². The van der Waals surface area contributed by atoms with Crippen LogP contribution in [0.3, 0.4) is 0 Å². The van der Waals surface area contributed by atoms with Gasteiger partial charge < -0.3 is 10.9 Å². The lowest BCUT2D eigenvalue weighted by atomic mass is 9.93. The van der Waals surface area contributed by atoms with Gasteiger partial charge in [0.2, 0.25) is 0 Å². The minimum absolute atomic E-state index is 0.104. The third-order valence-corrected chi connectivity index (χ3v) is 4.55. The zero-order valence-electron chi connectivity index (χ0n) is 12.5. The van der Waals surface area contributed by atoms with E-state index in [2.05, 4.69) is 36.2 Å². The molecule has 1 aromatic heterocycles. The first kappa shape index (κ1) is 15.3. The standard InChI is InChI=1S/C14H24N4OS/c1-14(2,3)11-9-20-12(16-11)8-18-6-4-5-10(7-18)13(15)17-19/h9-10,19H,4-8H2,1-3H3,(H2,15,17). The summed E-state index contributed by atoms with van der Waals surface area (Å²) in [6.45, 7) is 9.30. The van der Waals surface area contributed by atoms with E-state index in [0.29, 0.717) is 5.84 Å². The van der Waals surface area contributed by atoms with Gasteiger partial charge in [-0.1, -0.05) is 25.9 Å². The molecular weight excluding hydrogens is 272 g/mol. The van der Waals surface area contributed by atoms with Crippen LogP contribution in [0.5, 0.6) is 0 Å². The van der Waals surface area contributed by atoms with E-state index in [9.17, 15) is 0 Å². The Balaban J connectivity index is 1.98. The van der Waals surface area contributed by atoms with Gasteiger partial charge in [-0.2, -0.15) is 0 Å². The second-order valence-electron chi connectivity index (χ2n) is 6.48. The lowest BCUT2D eigenvalue weighted by molar-refractivity contribution is 0.192. The van der Waals surface area contributed by atoms with Crippen LogP contribution in [0, 0.1) is 5.92 Å². The Bertz CT molecular complexity index is 478. The monoisotopic (exact) mass is 296 g/mol. The first-order chi connectivity index (χ1) is 9.40. The molecule has 0 amide bonds. The van der Waals surface area contributed by atoms with E-state index in [-0.39, 0.29) is 11.3 Å². The smallest absolute Gasteiger partial charge is 0.143 e. The van der Waals surface area contributed by atoms with Gasteiger partial charge in [0.15, 0.2) is 0 Å². The molecule has 0 bridgehead atoms. The predicted molar refractivity (Wildman–Crippen MR) is 82.2 cm³/mol. The van der Waals surface area contributed by atoms with E-state index in [1.54, 1.807) is 11.3 Å². The minimum Gasteiger partial charge on any atom is -0.409 e. The fourth-order valence-corrected chi connectivity index (χ4v) is 3.50. The summed E-state index contributed by atoms with van der Waals surface area (Å²) in [5.74, 6) is 0.514. The number of nitrogens with two attached hydrogens (primary N) is 1. The number of likely N-dealkylation sites (tertiary alicyclic amines) is 1. The molecule has 0 aliphatic carbocycles. The van der Waals surface area contributed by atoms with Gasteiger partial charge in [-0.3, -0.25) is 4.90 Å². The van der Waals surface area contributed by atoms with Gasteiger partial charge in [0.1, 0.15) is 10.8 Å². The van der Waals surface area contributed by atoms with Gasteiger partial charge in [0, 0.05) is 23.3 Å². The van der Waals surface area contributed by atoms with E-state index in [0.717, 1.165) is 43.2 Å². The first-order valence-corrected chi connectivity index (χ1v) is 7.93. The highest BCUT2D eigenvalue weighted by atomic mass is 32.1. The van der Waals surface area contributed by atoms with Crippen molar-refractivity contribution in [3.8, 4) is 0 Å². The van der Waals surface area contributed by atoms with Crippen LogP contribution in [-0.2, 0) is 12.0 Å².